The van der Waals surface area contributed by atoms with E-state index in [4.69, 9.17) is 10.5 Å². The summed E-state index contributed by atoms with van der Waals surface area (Å²) in [5.74, 6) is -0.114. The third-order valence-corrected chi connectivity index (χ3v) is 2.41. The first-order chi connectivity index (χ1) is 8.50. The Labute approximate surface area is 108 Å². The van der Waals surface area contributed by atoms with Gasteiger partial charge in [0.25, 0.3) is 5.91 Å². The SMILES string of the molecule is C=C(C)COCCNC(=O)c1ccc(N)c(C)c1. The predicted octanol–water partition coefficient (Wildman–Crippen LogP) is 1.90. The van der Waals surface area contributed by atoms with Gasteiger partial charge in [0, 0.05) is 17.8 Å². The Hall–Kier alpha value is -1.81. The van der Waals surface area contributed by atoms with E-state index in [1.807, 2.05) is 13.8 Å². The van der Waals surface area contributed by atoms with Crippen molar-refractivity contribution in [3.05, 3.63) is 41.5 Å². The number of aryl methyl sites for hydroxylation is 1. The second-order valence-electron chi connectivity index (χ2n) is 4.34. The summed E-state index contributed by atoms with van der Waals surface area (Å²) in [6, 6.07) is 5.23. The summed E-state index contributed by atoms with van der Waals surface area (Å²) in [6.45, 7) is 8.99. The Morgan fingerprint density at radius 1 is 1.50 bits per heavy atom. The lowest BCUT2D eigenvalue weighted by Gasteiger charge is -2.07. The van der Waals surface area contributed by atoms with Crippen LogP contribution in [0.15, 0.2) is 30.4 Å². The minimum absolute atomic E-state index is 0.114. The number of nitrogen functional groups attached to an aromatic ring is 1. The van der Waals surface area contributed by atoms with Crippen molar-refractivity contribution >= 4 is 11.6 Å². The first-order valence-electron chi connectivity index (χ1n) is 5.87. The van der Waals surface area contributed by atoms with Crippen molar-refractivity contribution in [2.24, 2.45) is 0 Å². The summed E-state index contributed by atoms with van der Waals surface area (Å²) in [7, 11) is 0. The van der Waals surface area contributed by atoms with Gasteiger partial charge >= 0.3 is 0 Å². The quantitative estimate of drug-likeness (QED) is 0.459. The van der Waals surface area contributed by atoms with Crippen LogP contribution >= 0.6 is 0 Å². The average Bonchev–Trinajstić information content (AvgIpc) is 2.31. The number of rotatable bonds is 6. The Balaban J connectivity index is 2.36. The molecule has 18 heavy (non-hydrogen) atoms. The molecule has 1 amide bonds. The van der Waals surface area contributed by atoms with Crippen LogP contribution in [0.2, 0.25) is 0 Å². The zero-order valence-corrected chi connectivity index (χ0v) is 11.0. The van der Waals surface area contributed by atoms with Gasteiger partial charge in [0.2, 0.25) is 0 Å². The van der Waals surface area contributed by atoms with Crippen molar-refractivity contribution in [3.8, 4) is 0 Å². The number of anilines is 1. The number of carbonyl (C=O) groups excluding carboxylic acids is 1. The van der Waals surface area contributed by atoms with Crippen LogP contribution in [0.5, 0.6) is 0 Å². The lowest BCUT2D eigenvalue weighted by Crippen LogP contribution is -2.27. The highest BCUT2D eigenvalue weighted by molar-refractivity contribution is 5.94. The standard InChI is InChI=1S/C14H20N2O2/c1-10(2)9-18-7-6-16-14(17)12-4-5-13(15)11(3)8-12/h4-5,8H,1,6-7,9,15H2,2-3H3,(H,16,17). The van der Waals surface area contributed by atoms with Crippen LogP contribution in [-0.4, -0.2) is 25.7 Å². The molecule has 0 bridgehead atoms. The second-order valence-corrected chi connectivity index (χ2v) is 4.34. The third-order valence-electron chi connectivity index (χ3n) is 2.41. The van der Waals surface area contributed by atoms with Gasteiger partial charge in [0.1, 0.15) is 0 Å². The summed E-state index contributed by atoms with van der Waals surface area (Å²) >= 11 is 0. The van der Waals surface area contributed by atoms with Crippen LogP contribution in [0.3, 0.4) is 0 Å². The summed E-state index contributed by atoms with van der Waals surface area (Å²) in [5, 5.41) is 2.78. The highest BCUT2D eigenvalue weighted by Gasteiger charge is 2.05. The van der Waals surface area contributed by atoms with E-state index in [1.165, 1.54) is 0 Å². The molecular weight excluding hydrogens is 228 g/mol. The summed E-state index contributed by atoms with van der Waals surface area (Å²) < 4.78 is 5.29. The van der Waals surface area contributed by atoms with Gasteiger partial charge in [-0.05, 0) is 37.6 Å². The predicted molar refractivity (Wildman–Crippen MR) is 73.6 cm³/mol. The molecule has 0 saturated heterocycles. The molecule has 0 radical (unpaired) electrons. The minimum Gasteiger partial charge on any atom is -0.399 e. The van der Waals surface area contributed by atoms with E-state index in [0.717, 1.165) is 11.1 Å². The van der Waals surface area contributed by atoms with E-state index in [9.17, 15) is 4.79 Å². The van der Waals surface area contributed by atoms with Crippen molar-refractivity contribution in [1.29, 1.82) is 0 Å². The van der Waals surface area contributed by atoms with Gasteiger partial charge in [-0.2, -0.15) is 0 Å². The molecule has 0 spiro atoms. The molecule has 0 fully saturated rings. The molecule has 4 nitrogen and oxygen atoms in total. The molecule has 0 heterocycles. The van der Waals surface area contributed by atoms with Crippen LogP contribution in [0.4, 0.5) is 5.69 Å². The molecular formula is C14H20N2O2. The Bertz CT molecular complexity index is 441. The maximum atomic E-state index is 11.8. The van der Waals surface area contributed by atoms with Gasteiger partial charge in [-0.1, -0.05) is 12.2 Å². The Morgan fingerprint density at radius 2 is 2.22 bits per heavy atom. The zero-order chi connectivity index (χ0) is 13.5. The molecule has 0 unspecified atom stereocenters. The first kappa shape index (κ1) is 14.3. The Morgan fingerprint density at radius 3 is 2.83 bits per heavy atom. The summed E-state index contributed by atoms with van der Waals surface area (Å²) in [5.41, 5.74) is 8.87. The zero-order valence-electron chi connectivity index (χ0n) is 11.0. The van der Waals surface area contributed by atoms with Gasteiger partial charge in [0.15, 0.2) is 0 Å². The largest absolute Gasteiger partial charge is 0.399 e. The van der Waals surface area contributed by atoms with Crippen molar-refractivity contribution in [1.82, 2.24) is 5.32 Å². The van der Waals surface area contributed by atoms with Crippen molar-refractivity contribution in [2.45, 2.75) is 13.8 Å². The summed E-state index contributed by atoms with van der Waals surface area (Å²) in [6.07, 6.45) is 0. The maximum absolute atomic E-state index is 11.8. The molecule has 0 aromatic heterocycles. The molecule has 1 aromatic rings. The highest BCUT2D eigenvalue weighted by Crippen LogP contribution is 2.12. The fourth-order valence-electron chi connectivity index (χ4n) is 1.40. The fourth-order valence-corrected chi connectivity index (χ4v) is 1.40. The number of carbonyl (C=O) groups is 1. The lowest BCUT2D eigenvalue weighted by atomic mass is 10.1. The van der Waals surface area contributed by atoms with Crippen LogP contribution < -0.4 is 11.1 Å². The molecule has 0 saturated carbocycles. The van der Waals surface area contributed by atoms with E-state index in [0.29, 0.717) is 31.0 Å². The molecule has 0 aliphatic heterocycles. The van der Waals surface area contributed by atoms with Crippen molar-refractivity contribution in [3.63, 3.8) is 0 Å². The minimum atomic E-state index is -0.114. The smallest absolute Gasteiger partial charge is 0.251 e. The number of amides is 1. The van der Waals surface area contributed by atoms with E-state index >= 15 is 0 Å². The Kier molecular flexibility index (Phi) is 5.39. The van der Waals surface area contributed by atoms with E-state index in [-0.39, 0.29) is 5.91 Å². The molecule has 0 aliphatic carbocycles. The van der Waals surface area contributed by atoms with Gasteiger partial charge < -0.3 is 15.8 Å². The highest BCUT2D eigenvalue weighted by atomic mass is 16.5. The number of nitrogens with one attached hydrogen (secondary N) is 1. The molecule has 0 aliphatic rings. The van der Waals surface area contributed by atoms with E-state index in [2.05, 4.69) is 11.9 Å². The van der Waals surface area contributed by atoms with Crippen LogP contribution in [-0.2, 0) is 4.74 Å². The van der Waals surface area contributed by atoms with Gasteiger partial charge in [0.05, 0.1) is 13.2 Å². The number of ether oxygens (including phenoxy) is 1. The van der Waals surface area contributed by atoms with Crippen LogP contribution in [0.1, 0.15) is 22.8 Å². The fraction of sp³-hybridized carbons (Fsp3) is 0.357. The average molecular weight is 248 g/mol. The lowest BCUT2D eigenvalue weighted by molar-refractivity contribution is 0.0926. The monoisotopic (exact) mass is 248 g/mol. The molecule has 1 rings (SSSR count). The van der Waals surface area contributed by atoms with Crippen LogP contribution in [0, 0.1) is 6.92 Å². The number of hydrogen-bond acceptors (Lipinski definition) is 3. The number of nitrogens with two attached hydrogens (primary N) is 1. The molecule has 3 N–H and O–H groups in total. The van der Waals surface area contributed by atoms with Crippen LogP contribution in [0.25, 0.3) is 0 Å². The van der Waals surface area contributed by atoms with Gasteiger partial charge in [-0.25, -0.2) is 0 Å². The maximum Gasteiger partial charge on any atom is 0.251 e. The third kappa shape index (κ3) is 4.59. The topological polar surface area (TPSA) is 64.3 Å². The molecule has 1 aromatic carbocycles. The number of hydrogen-bond donors (Lipinski definition) is 2. The van der Waals surface area contributed by atoms with Gasteiger partial charge in [-0.3, -0.25) is 4.79 Å². The van der Waals surface area contributed by atoms with E-state index < -0.39 is 0 Å². The second kappa shape index (κ2) is 6.81. The first-order valence-corrected chi connectivity index (χ1v) is 5.87. The van der Waals surface area contributed by atoms with E-state index in [1.54, 1.807) is 18.2 Å². The summed E-state index contributed by atoms with van der Waals surface area (Å²) in [4.78, 5) is 11.8. The molecule has 98 valence electrons. The molecule has 4 heteroatoms. The van der Waals surface area contributed by atoms with Crippen molar-refractivity contribution in [2.75, 3.05) is 25.5 Å². The van der Waals surface area contributed by atoms with Gasteiger partial charge in [-0.15, -0.1) is 0 Å². The normalized spacial score (nSPS) is 10.1. The number of benzene rings is 1. The molecule has 0 atom stereocenters. The van der Waals surface area contributed by atoms with Crippen molar-refractivity contribution < 1.29 is 9.53 Å².